The van der Waals surface area contributed by atoms with Gasteiger partial charge >= 0.3 is 0 Å². The van der Waals surface area contributed by atoms with Gasteiger partial charge in [-0.1, -0.05) is 25.4 Å². The van der Waals surface area contributed by atoms with Crippen molar-refractivity contribution in [3.8, 4) is 5.69 Å². The Morgan fingerprint density at radius 2 is 2.22 bits per heavy atom. The molecule has 1 N–H and O–H groups in total. The van der Waals surface area contributed by atoms with Crippen molar-refractivity contribution in [2.75, 3.05) is 0 Å². The first-order valence-electron chi connectivity index (χ1n) is 5.65. The van der Waals surface area contributed by atoms with E-state index < -0.39 is 5.82 Å². The van der Waals surface area contributed by atoms with Crippen LogP contribution in [-0.4, -0.2) is 20.8 Å². The molecule has 1 aromatic heterocycles. The topological polar surface area (TPSA) is 42.7 Å². The van der Waals surface area contributed by atoms with Crippen LogP contribution in [0.15, 0.2) is 24.5 Å². The molecule has 0 spiro atoms. The van der Waals surface area contributed by atoms with E-state index in [-0.39, 0.29) is 5.02 Å². The van der Waals surface area contributed by atoms with E-state index in [9.17, 15) is 4.39 Å². The standard InChI is InChI=1S/C12H14ClFN4/c1-8(2)15-6-12-16-7-17-18(12)9-3-4-10(13)11(14)5-9/h3-5,7-8,15H,6H2,1-2H3. The van der Waals surface area contributed by atoms with Crippen LogP contribution in [0.5, 0.6) is 0 Å². The summed E-state index contributed by atoms with van der Waals surface area (Å²) in [6.07, 6.45) is 1.45. The maximum absolute atomic E-state index is 13.4. The summed E-state index contributed by atoms with van der Waals surface area (Å²) in [4.78, 5) is 4.15. The lowest BCUT2D eigenvalue weighted by Gasteiger charge is -2.09. The molecule has 0 aliphatic carbocycles. The zero-order valence-corrected chi connectivity index (χ0v) is 10.9. The molecular weight excluding hydrogens is 255 g/mol. The highest BCUT2D eigenvalue weighted by Crippen LogP contribution is 2.18. The van der Waals surface area contributed by atoms with Crippen LogP contribution in [0.1, 0.15) is 19.7 Å². The van der Waals surface area contributed by atoms with E-state index in [1.165, 1.54) is 18.5 Å². The molecule has 1 heterocycles. The molecule has 96 valence electrons. The summed E-state index contributed by atoms with van der Waals surface area (Å²) in [7, 11) is 0. The van der Waals surface area contributed by atoms with Crippen molar-refractivity contribution in [1.29, 1.82) is 0 Å². The van der Waals surface area contributed by atoms with Crippen molar-refractivity contribution in [3.05, 3.63) is 41.2 Å². The zero-order chi connectivity index (χ0) is 13.1. The van der Waals surface area contributed by atoms with Gasteiger partial charge in [-0.3, -0.25) is 0 Å². The molecule has 2 rings (SSSR count). The molecule has 6 heteroatoms. The molecule has 1 aromatic carbocycles. The second-order valence-corrected chi connectivity index (χ2v) is 4.63. The van der Waals surface area contributed by atoms with E-state index in [2.05, 4.69) is 15.4 Å². The van der Waals surface area contributed by atoms with Crippen molar-refractivity contribution >= 4 is 11.6 Å². The van der Waals surface area contributed by atoms with Gasteiger partial charge in [0.15, 0.2) is 0 Å². The second kappa shape index (κ2) is 5.46. The molecule has 0 aliphatic rings. The summed E-state index contributed by atoms with van der Waals surface area (Å²) in [5.74, 6) is 0.262. The Kier molecular flexibility index (Phi) is 3.93. The molecule has 0 atom stereocenters. The largest absolute Gasteiger partial charge is 0.308 e. The van der Waals surface area contributed by atoms with E-state index in [0.717, 1.165) is 5.82 Å². The van der Waals surface area contributed by atoms with Crippen LogP contribution in [0.25, 0.3) is 5.69 Å². The summed E-state index contributed by atoms with van der Waals surface area (Å²) in [5, 5.41) is 7.43. The van der Waals surface area contributed by atoms with E-state index in [4.69, 9.17) is 11.6 Å². The first-order chi connectivity index (χ1) is 8.58. The van der Waals surface area contributed by atoms with E-state index in [1.807, 2.05) is 13.8 Å². The summed E-state index contributed by atoms with van der Waals surface area (Å²) < 4.78 is 15.0. The molecule has 0 radical (unpaired) electrons. The molecule has 0 bridgehead atoms. The fraction of sp³-hybridized carbons (Fsp3) is 0.333. The first-order valence-corrected chi connectivity index (χ1v) is 6.03. The van der Waals surface area contributed by atoms with Crippen LogP contribution in [0.4, 0.5) is 4.39 Å². The molecule has 0 unspecified atom stereocenters. The quantitative estimate of drug-likeness (QED) is 0.927. The highest BCUT2D eigenvalue weighted by atomic mass is 35.5. The number of hydrogen-bond donors (Lipinski definition) is 1. The monoisotopic (exact) mass is 268 g/mol. The molecule has 0 saturated heterocycles. The Labute approximate surface area is 110 Å². The Bertz CT molecular complexity index is 539. The van der Waals surface area contributed by atoms with Gasteiger partial charge in [0.1, 0.15) is 18.0 Å². The van der Waals surface area contributed by atoms with Gasteiger partial charge in [0.25, 0.3) is 0 Å². The van der Waals surface area contributed by atoms with Crippen molar-refractivity contribution in [2.45, 2.75) is 26.4 Å². The summed E-state index contributed by atoms with van der Waals surface area (Å²) in [5.41, 5.74) is 0.606. The van der Waals surface area contributed by atoms with Crippen molar-refractivity contribution in [2.24, 2.45) is 0 Å². The lowest BCUT2D eigenvalue weighted by molar-refractivity contribution is 0.562. The third-order valence-corrected chi connectivity index (χ3v) is 2.74. The van der Waals surface area contributed by atoms with Crippen LogP contribution in [0, 0.1) is 5.82 Å². The summed E-state index contributed by atoms with van der Waals surface area (Å²) >= 11 is 5.65. The number of halogens is 2. The van der Waals surface area contributed by atoms with Gasteiger partial charge in [-0.15, -0.1) is 0 Å². The number of hydrogen-bond acceptors (Lipinski definition) is 3. The van der Waals surface area contributed by atoms with Crippen LogP contribution >= 0.6 is 11.6 Å². The minimum Gasteiger partial charge on any atom is -0.308 e. The van der Waals surface area contributed by atoms with Crippen LogP contribution in [0.2, 0.25) is 5.02 Å². The SMILES string of the molecule is CC(C)NCc1ncnn1-c1ccc(Cl)c(F)c1. The third kappa shape index (κ3) is 2.86. The predicted octanol–water partition coefficient (Wildman–Crippen LogP) is 2.56. The van der Waals surface area contributed by atoms with Gasteiger partial charge in [0.2, 0.25) is 0 Å². The molecule has 0 amide bonds. The number of aromatic nitrogens is 3. The lowest BCUT2D eigenvalue weighted by atomic mass is 10.3. The van der Waals surface area contributed by atoms with Crippen molar-refractivity contribution < 1.29 is 4.39 Å². The number of nitrogens with zero attached hydrogens (tertiary/aromatic N) is 3. The Balaban J connectivity index is 2.27. The number of benzene rings is 1. The van der Waals surface area contributed by atoms with Crippen LogP contribution in [-0.2, 0) is 6.54 Å². The van der Waals surface area contributed by atoms with Gasteiger partial charge in [-0.25, -0.2) is 14.1 Å². The average molecular weight is 269 g/mol. The Morgan fingerprint density at radius 3 is 2.89 bits per heavy atom. The highest BCUT2D eigenvalue weighted by Gasteiger charge is 2.09. The Morgan fingerprint density at radius 1 is 1.44 bits per heavy atom. The molecular formula is C12H14ClFN4. The molecule has 0 saturated carbocycles. The maximum atomic E-state index is 13.4. The minimum absolute atomic E-state index is 0.0979. The van der Waals surface area contributed by atoms with Gasteiger partial charge < -0.3 is 5.32 Å². The maximum Gasteiger partial charge on any atom is 0.146 e. The second-order valence-electron chi connectivity index (χ2n) is 4.22. The Hall–Kier alpha value is -1.46. The highest BCUT2D eigenvalue weighted by molar-refractivity contribution is 6.30. The average Bonchev–Trinajstić information content (AvgIpc) is 2.78. The molecule has 4 nitrogen and oxygen atoms in total. The van der Waals surface area contributed by atoms with Gasteiger partial charge in [0.05, 0.1) is 17.3 Å². The van der Waals surface area contributed by atoms with E-state index >= 15 is 0 Å². The third-order valence-electron chi connectivity index (χ3n) is 2.43. The van der Waals surface area contributed by atoms with Crippen LogP contribution in [0.3, 0.4) is 0 Å². The van der Waals surface area contributed by atoms with Gasteiger partial charge in [-0.05, 0) is 12.1 Å². The normalized spacial score (nSPS) is 11.2. The molecule has 0 aliphatic heterocycles. The van der Waals surface area contributed by atoms with E-state index in [0.29, 0.717) is 18.3 Å². The number of nitrogens with one attached hydrogen (secondary N) is 1. The fourth-order valence-corrected chi connectivity index (χ4v) is 1.63. The predicted molar refractivity (Wildman–Crippen MR) is 68.3 cm³/mol. The molecule has 0 fully saturated rings. The zero-order valence-electron chi connectivity index (χ0n) is 10.2. The van der Waals surface area contributed by atoms with Crippen molar-refractivity contribution in [3.63, 3.8) is 0 Å². The fourth-order valence-electron chi connectivity index (χ4n) is 1.51. The smallest absolute Gasteiger partial charge is 0.146 e. The summed E-state index contributed by atoms with van der Waals surface area (Å²) in [6, 6.07) is 4.90. The van der Waals surface area contributed by atoms with Crippen molar-refractivity contribution in [1.82, 2.24) is 20.1 Å². The molecule has 2 aromatic rings. The van der Waals surface area contributed by atoms with E-state index in [1.54, 1.807) is 10.7 Å². The van der Waals surface area contributed by atoms with Crippen LogP contribution < -0.4 is 5.32 Å². The molecule has 18 heavy (non-hydrogen) atoms. The van der Waals surface area contributed by atoms with Gasteiger partial charge in [-0.2, -0.15) is 5.10 Å². The first kappa shape index (κ1) is 13.0. The lowest BCUT2D eigenvalue weighted by Crippen LogP contribution is -2.24. The van der Waals surface area contributed by atoms with Gasteiger partial charge in [0, 0.05) is 12.1 Å². The number of rotatable bonds is 4. The minimum atomic E-state index is -0.465. The summed E-state index contributed by atoms with van der Waals surface area (Å²) in [6.45, 7) is 4.66.